The molecule has 174 valence electrons. The first kappa shape index (κ1) is 25.8. The molecular formula is C27H24BrIN2O3. The number of nitrogens with zero attached hydrogens (tertiary/aromatic N) is 1. The Morgan fingerprint density at radius 3 is 2.47 bits per heavy atom. The molecule has 0 fully saturated rings. The van der Waals surface area contributed by atoms with Crippen molar-refractivity contribution in [3.8, 4) is 17.6 Å². The van der Waals surface area contributed by atoms with Crippen molar-refractivity contribution in [3.63, 3.8) is 0 Å². The van der Waals surface area contributed by atoms with Gasteiger partial charge in [0, 0.05) is 10.2 Å². The second kappa shape index (κ2) is 12.0. The number of carbonyl (C=O) groups is 1. The van der Waals surface area contributed by atoms with Gasteiger partial charge in [-0.2, -0.15) is 5.26 Å². The van der Waals surface area contributed by atoms with Crippen LogP contribution in [0.25, 0.3) is 6.08 Å². The van der Waals surface area contributed by atoms with Crippen LogP contribution in [0.2, 0.25) is 0 Å². The number of nitriles is 1. The molecule has 0 saturated heterocycles. The first-order valence-electron chi connectivity index (χ1n) is 10.6. The minimum Gasteiger partial charge on any atom is -0.490 e. The molecule has 3 aromatic carbocycles. The molecule has 1 N–H and O–H groups in total. The molecule has 0 spiro atoms. The normalized spacial score (nSPS) is 11.0. The van der Waals surface area contributed by atoms with Gasteiger partial charge in [-0.3, -0.25) is 4.79 Å². The summed E-state index contributed by atoms with van der Waals surface area (Å²) in [5.41, 5.74) is 4.55. The molecule has 0 aliphatic heterocycles. The van der Waals surface area contributed by atoms with Gasteiger partial charge in [0.25, 0.3) is 5.91 Å². The molecule has 0 heterocycles. The lowest BCUT2D eigenvalue weighted by molar-refractivity contribution is -0.112. The standard InChI is InChI=1S/C27H24BrIN2O3/c1-4-33-25-14-20(13-24(29)26(25)34-16-19-6-8-22(28)9-7-19)12-21(15-30)27(32)31-23-10-5-17(2)18(3)11-23/h5-14H,4,16H2,1-3H3,(H,31,32)/b21-12+. The summed E-state index contributed by atoms with van der Waals surface area (Å²) < 4.78 is 13.7. The fourth-order valence-corrected chi connectivity index (χ4v) is 4.19. The van der Waals surface area contributed by atoms with E-state index < -0.39 is 5.91 Å². The number of aryl methyl sites for hydroxylation is 2. The first-order chi connectivity index (χ1) is 16.3. The van der Waals surface area contributed by atoms with Crippen LogP contribution in [0, 0.1) is 28.7 Å². The Hall–Kier alpha value is -2.83. The summed E-state index contributed by atoms with van der Waals surface area (Å²) >= 11 is 5.61. The summed E-state index contributed by atoms with van der Waals surface area (Å²) in [6, 6.07) is 19.2. The Morgan fingerprint density at radius 2 is 1.82 bits per heavy atom. The third-order valence-electron chi connectivity index (χ3n) is 5.07. The predicted molar refractivity (Wildman–Crippen MR) is 147 cm³/mol. The van der Waals surface area contributed by atoms with Crippen LogP contribution in [0.4, 0.5) is 5.69 Å². The summed E-state index contributed by atoms with van der Waals surface area (Å²) in [6.07, 6.45) is 1.56. The van der Waals surface area contributed by atoms with E-state index in [0.29, 0.717) is 36.0 Å². The molecule has 1 amide bonds. The van der Waals surface area contributed by atoms with Crippen molar-refractivity contribution in [2.24, 2.45) is 0 Å². The Bertz CT molecular complexity index is 1260. The lowest BCUT2D eigenvalue weighted by Crippen LogP contribution is -2.13. The summed E-state index contributed by atoms with van der Waals surface area (Å²) in [7, 11) is 0. The molecule has 0 unspecified atom stereocenters. The maximum Gasteiger partial charge on any atom is 0.266 e. The SMILES string of the molecule is CCOc1cc(/C=C(\C#N)C(=O)Nc2ccc(C)c(C)c2)cc(I)c1OCc1ccc(Br)cc1. The quantitative estimate of drug-likeness (QED) is 0.162. The summed E-state index contributed by atoms with van der Waals surface area (Å²) in [5.74, 6) is 0.722. The van der Waals surface area contributed by atoms with E-state index in [9.17, 15) is 10.1 Å². The fourth-order valence-electron chi connectivity index (χ4n) is 3.14. The first-order valence-corrected chi connectivity index (χ1v) is 12.5. The molecule has 0 aliphatic carbocycles. The highest BCUT2D eigenvalue weighted by Crippen LogP contribution is 2.35. The van der Waals surface area contributed by atoms with Gasteiger partial charge in [-0.25, -0.2) is 0 Å². The smallest absolute Gasteiger partial charge is 0.266 e. The second-order valence-corrected chi connectivity index (χ2v) is 9.68. The Kier molecular flexibility index (Phi) is 9.13. The second-order valence-electron chi connectivity index (χ2n) is 7.60. The minimum atomic E-state index is -0.464. The van der Waals surface area contributed by atoms with Crippen LogP contribution in [-0.4, -0.2) is 12.5 Å². The van der Waals surface area contributed by atoms with E-state index >= 15 is 0 Å². The molecular weight excluding hydrogens is 607 g/mol. The minimum absolute atomic E-state index is 0.00000683. The largest absolute Gasteiger partial charge is 0.490 e. The van der Waals surface area contributed by atoms with Crippen molar-refractivity contribution in [3.05, 3.63) is 90.5 Å². The van der Waals surface area contributed by atoms with E-state index in [4.69, 9.17) is 9.47 Å². The summed E-state index contributed by atoms with van der Waals surface area (Å²) in [4.78, 5) is 12.7. The molecule has 3 aromatic rings. The maximum absolute atomic E-state index is 12.7. The average Bonchev–Trinajstić information content (AvgIpc) is 2.80. The highest BCUT2D eigenvalue weighted by atomic mass is 127. The number of halogens is 2. The van der Waals surface area contributed by atoms with Gasteiger partial charge in [-0.05, 0) is 108 Å². The van der Waals surface area contributed by atoms with Crippen LogP contribution in [0.1, 0.15) is 29.2 Å². The number of ether oxygens (including phenoxy) is 2. The van der Waals surface area contributed by atoms with E-state index in [2.05, 4.69) is 43.8 Å². The van der Waals surface area contributed by atoms with Crippen molar-refractivity contribution in [1.82, 2.24) is 0 Å². The van der Waals surface area contributed by atoms with E-state index in [-0.39, 0.29) is 5.57 Å². The number of amides is 1. The van der Waals surface area contributed by atoms with Crippen molar-refractivity contribution in [1.29, 1.82) is 5.26 Å². The highest BCUT2D eigenvalue weighted by Gasteiger charge is 2.15. The number of benzene rings is 3. The molecule has 0 bridgehead atoms. The molecule has 5 nitrogen and oxygen atoms in total. The molecule has 0 saturated carbocycles. The summed E-state index contributed by atoms with van der Waals surface area (Å²) in [6.45, 7) is 6.72. The van der Waals surface area contributed by atoms with Gasteiger partial charge in [0.2, 0.25) is 0 Å². The van der Waals surface area contributed by atoms with Gasteiger partial charge in [-0.15, -0.1) is 0 Å². The molecule has 0 atom stereocenters. The predicted octanol–water partition coefficient (Wildman–Crippen LogP) is 7.19. The zero-order valence-corrected chi connectivity index (χ0v) is 22.9. The van der Waals surface area contributed by atoms with Crippen LogP contribution in [0.15, 0.2) is 64.6 Å². The number of rotatable bonds is 8. The van der Waals surface area contributed by atoms with Gasteiger partial charge in [0.05, 0.1) is 10.2 Å². The van der Waals surface area contributed by atoms with E-state index in [1.54, 1.807) is 12.1 Å². The average molecular weight is 631 g/mol. The molecule has 0 radical (unpaired) electrons. The van der Waals surface area contributed by atoms with Crippen LogP contribution in [-0.2, 0) is 11.4 Å². The van der Waals surface area contributed by atoms with Crippen LogP contribution in [0.3, 0.4) is 0 Å². The topological polar surface area (TPSA) is 71.3 Å². The van der Waals surface area contributed by atoms with Gasteiger partial charge in [0.1, 0.15) is 18.2 Å². The lowest BCUT2D eigenvalue weighted by atomic mass is 10.1. The van der Waals surface area contributed by atoms with Crippen molar-refractivity contribution in [2.45, 2.75) is 27.4 Å². The zero-order valence-electron chi connectivity index (χ0n) is 19.1. The van der Waals surface area contributed by atoms with Gasteiger partial charge in [0.15, 0.2) is 11.5 Å². The molecule has 34 heavy (non-hydrogen) atoms. The molecule has 0 aromatic heterocycles. The number of anilines is 1. The Labute approximate surface area is 222 Å². The highest BCUT2D eigenvalue weighted by molar-refractivity contribution is 14.1. The van der Waals surface area contributed by atoms with Crippen LogP contribution in [0.5, 0.6) is 11.5 Å². The Balaban J connectivity index is 1.84. The molecule has 7 heteroatoms. The lowest BCUT2D eigenvalue weighted by Gasteiger charge is -2.15. The molecule has 0 aliphatic rings. The molecule has 3 rings (SSSR count). The van der Waals surface area contributed by atoms with Gasteiger partial charge < -0.3 is 14.8 Å². The number of carbonyl (C=O) groups excluding carboxylic acids is 1. The van der Waals surface area contributed by atoms with Gasteiger partial charge in [-0.1, -0.05) is 34.1 Å². The van der Waals surface area contributed by atoms with Gasteiger partial charge >= 0.3 is 0 Å². The van der Waals surface area contributed by atoms with Crippen LogP contribution >= 0.6 is 38.5 Å². The third kappa shape index (κ3) is 6.84. The Morgan fingerprint density at radius 1 is 1.09 bits per heavy atom. The number of hydrogen-bond acceptors (Lipinski definition) is 4. The van der Waals surface area contributed by atoms with Crippen molar-refractivity contribution >= 4 is 56.2 Å². The van der Waals surface area contributed by atoms with E-state index in [1.807, 2.05) is 75.4 Å². The number of hydrogen-bond donors (Lipinski definition) is 1. The van der Waals surface area contributed by atoms with E-state index in [1.165, 1.54) is 0 Å². The monoisotopic (exact) mass is 630 g/mol. The van der Waals surface area contributed by atoms with Crippen molar-refractivity contribution < 1.29 is 14.3 Å². The summed E-state index contributed by atoms with van der Waals surface area (Å²) in [5, 5.41) is 12.4. The van der Waals surface area contributed by atoms with Crippen molar-refractivity contribution in [2.75, 3.05) is 11.9 Å². The van der Waals surface area contributed by atoms with Crippen LogP contribution < -0.4 is 14.8 Å². The van der Waals surface area contributed by atoms with E-state index in [0.717, 1.165) is 24.7 Å². The third-order valence-corrected chi connectivity index (χ3v) is 6.40. The fraction of sp³-hybridized carbons (Fsp3) is 0.185. The number of nitrogens with one attached hydrogen (secondary N) is 1. The zero-order chi connectivity index (χ0) is 24.7. The maximum atomic E-state index is 12.7.